The van der Waals surface area contributed by atoms with Gasteiger partial charge in [-0.3, -0.25) is 4.79 Å². The molecular formula is C14H17N3O2S. The SMILES string of the molecule is CCc1cc2c(N3CCC(C)(C(=O)O)C3)ncnc2s1. The zero-order valence-electron chi connectivity index (χ0n) is 11.6. The van der Waals surface area contributed by atoms with Gasteiger partial charge in [-0.25, -0.2) is 9.97 Å². The second kappa shape index (κ2) is 4.70. The van der Waals surface area contributed by atoms with Crippen molar-refractivity contribution in [1.29, 1.82) is 0 Å². The van der Waals surface area contributed by atoms with Crippen LogP contribution in [0.15, 0.2) is 12.4 Å². The standard InChI is InChI=1S/C14H17N3O2S/c1-3-9-6-10-11(15-8-16-12(10)20-9)17-5-4-14(2,7-17)13(18)19/h6,8H,3-5,7H2,1-2H3,(H,18,19). The monoisotopic (exact) mass is 291 g/mol. The smallest absolute Gasteiger partial charge is 0.311 e. The first-order valence-electron chi connectivity index (χ1n) is 6.75. The Hall–Kier alpha value is -1.69. The molecule has 106 valence electrons. The largest absolute Gasteiger partial charge is 0.481 e. The van der Waals surface area contributed by atoms with Crippen LogP contribution in [-0.2, 0) is 11.2 Å². The number of thiophene rings is 1. The van der Waals surface area contributed by atoms with E-state index in [1.165, 1.54) is 4.88 Å². The highest BCUT2D eigenvalue weighted by Crippen LogP contribution is 2.37. The number of rotatable bonds is 3. The number of anilines is 1. The third kappa shape index (κ3) is 2.04. The van der Waals surface area contributed by atoms with E-state index in [1.54, 1.807) is 24.6 Å². The quantitative estimate of drug-likeness (QED) is 0.941. The topological polar surface area (TPSA) is 66.3 Å². The van der Waals surface area contributed by atoms with E-state index in [-0.39, 0.29) is 0 Å². The Kier molecular flexibility index (Phi) is 3.12. The molecular weight excluding hydrogens is 274 g/mol. The normalized spacial score (nSPS) is 22.6. The van der Waals surface area contributed by atoms with Crippen molar-refractivity contribution in [3.8, 4) is 0 Å². The predicted octanol–water partition coefficient (Wildman–Crippen LogP) is 2.55. The lowest BCUT2D eigenvalue weighted by molar-refractivity contribution is -0.146. The number of aryl methyl sites for hydroxylation is 1. The Morgan fingerprint density at radius 1 is 1.55 bits per heavy atom. The molecule has 0 spiro atoms. The molecule has 6 heteroatoms. The molecule has 1 saturated heterocycles. The van der Waals surface area contributed by atoms with Gasteiger partial charge in [0.25, 0.3) is 0 Å². The van der Waals surface area contributed by atoms with E-state index in [9.17, 15) is 9.90 Å². The molecule has 2 aromatic rings. The predicted molar refractivity (Wildman–Crippen MR) is 79.4 cm³/mol. The van der Waals surface area contributed by atoms with Crippen molar-refractivity contribution in [3.05, 3.63) is 17.3 Å². The molecule has 2 aromatic heterocycles. The molecule has 0 aromatic carbocycles. The van der Waals surface area contributed by atoms with E-state index in [2.05, 4.69) is 27.9 Å². The minimum Gasteiger partial charge on any atom is -0.481 e. The van der Waals surface area contributed by atoms with Crippen molar-refractivity contribution >= 4 is 33.3 Å². The first-order chi connectivity index (χ1) is 9.53. The highest BCUT2D eigenvalue weighted by atomic mass is 32.1. The summed E-state index contributed by atoms with van der Waals surface area (Å²) in [6.07, 6.45) is 3.20. The maximum absolute atomic E-state index is 11.4. The molecule has 3 heterocycles. The fourth-order valence-corrected chi connectivity index (χ4v) is 3.57. The molecule has 0 bridgehead atoms. The number of hydrogen-bond donors (Lipinski definition) is 1. The van der Waals surface area contributed by atoms with Crippen molar-refractivity contribution in [1.82, 2.24) is 9.97 Å². The Bertz CT molecular complexity index is 669. The number of aromatic nitrogens is 2. The summed E-state index contributed by atoms with van der Waals surface area (Å²) in [5.41, 5.74) is -0.680. The number of carboxylic acid groups (broad SMARTS) is 1. The molecule has 20 heavy (non-hydrogen) atoms. The summed E-state index contributed by atoms with van der Waals surface area (Å²) in [4.78, 5) is 24.4. The molecule has 1 unspecified atom stereocenters. The van der Waals surface area contributed by atoms with Crippen LogP contribution in [0.4, 0.5) is 5.82 Å². The molecule has 1 aliphatic rings. The van der Waals surface area contributed by atoms with Gasteiger partial charge in [-0.15, -0.1) is 11.3 Å². The van der Waals surface area contributed by atoms with Gasteiger partial charge in [0.05, 0.1) is 10.8 Å². The number of carbonyl (C=O) groups is 1. The lowest BCUT2D eigenvalue weighted by Crippen LogP contribution is -2.32. The maximum Gasteiger partial charge on any atom is 0.311 e. The number of carboxylic acids is 1. The van der Waals surface area contributed by atoms with E-state index in [0.29, 0.717) is 13.0 Å². The molecule has 0 aliphatic carbocycles. The molecule has 1 atom stereocenters. The van der Waals surface area contributed by atoms with E-state index in [0.717, 1.165) is 29.0 Å². The van der Waals surface area contributed by atoms with Gasteiger partial charge in [-0.05, 0) is 25.8 Å². The van der Waals surface area contributed by atoms with Gasteiger partial charge in [0.15, 0.2) is 0 Å². The van der Waals surface area contributed by atoms with Crippen molar-refractivity contribution in [2.45, 2.75) is 26.7 Å². The highest BCUT2D eigenvalue weighted by molar-refractivity contribution is 7.18. The van der Waals surface area contributed by atoms with Crippen molar-refractivity contribution < 1.29 is 9.90 Å². The minimum atomic E-state index is -0.732. The fraction of sp³-hybridized carbons (Fsp3) is 0.500. The van der Waals surface area contributed by atoms with Gasteiger partial charge in [-0.2, -0.15) is 0 Å². The highest BCUT2D eigenvalue weighted by Gasteiger charge is 2.41. The summed E-state index contributed by atoms with van der Waals surface area (Å²) >= 11 is 1.68. The van der Waals surface area contributed by atoms with Gasteiger partial charge < -0.3 is 10.0 Å². The third-order valence-corrected chi connectivity index (χ3v) is 5.18. The van der Waals surface area contributed by atoms with Crippen LogP contribution in [0.1, 0.15) is 25.1 Å². The van der Waals surface area contributed by atoms with E-state index in [4.69, 9.17) is 0 Å². The Morgan fingerprint density at radius 3 is 3.00 bits per heavy atom. The van der Waals surface area contributed by atoms with Crippen molar-refractivity contribution in [3.63, 3.8) is 0 Å². The first-order valence-corrected chi connectivity index (χ1v) is 7.57. The van der Waals surface area contributed by atoms with Crippen molar-refractivity contribution in [2.75, 3.05) is 18.0 Å². The van der Waals surface area contributed by atoms with Crippen LogP contribution in [0.2, 0.25) is 0 Å². The minimum absolute atomic E-state index is 0.506. The van der Waals surface area contributed by atoms with Gasteiger partial charge in [0.2, 0.25) is 0 Å². The van der Waals surface area contributed by atoms with Crippen LogP contribution in [0, 0.1) is 5.41 Å². The molecule has 5 nitrogen and oxygen atoms in total. The van der Waals surface area contributed by atoms with Crippen molar-refractivity contribution in [2.24, 2.45) is 5.41 Å². The third-order valence-electron chi connectivity index (χ3n) is 4.00. The second-order valence-corrected chi connectivity index (χ2v) is 6.63. The summed E-state index contributed by atoms with van der Waals surface area (Å²) in [5, 5.41) is 10.4. The number of aliphatic carboxylic acids is 1. The summed E-state index contributed by atoms with van der Waals surface area (Å²) in [6, 6.07) is 2.13. The molecule has 0 saturated carbocycles. The average Bonchev–Trinajstić information content (AvgIpc) is 3.02. The molecule has 1 N–H and O–H groups in total. The van der Waals surface area contributed by atoms with Crippen LogP contribution < -0.4 is 4.90 Å². The fourth-order valence-electron chi connectivity index (χ4n) is 2.64. The van der Waals surface area contributed by atoms with E-state index in [1.807, 2.05) is 0 Å². The van der Waals surface area contributed by atoms with Crippen LogP contribution >= 0.6 is 11.3 Å². The summed E-state index contributed by atoms with van der Waals surface area (Å²) in [7, 11) is 0. The van der Waals surface area contributed by atoms with E-state index < -0.39 is 11.4 Å². The van der Waals surface area contributed by atoms with Gasteiger partial charge >= 0.3 is 5.97 Å². The average molecular weight is 291 g/mol. The zero-order chi connectivity index (χ0) is 14.3. The second-order valence-electron chi connectivity index (χ2n) is 5.52. The van der Waals surface area contributed by atoms with Crippen LogP contribution in [0.5, 0.6) is 0 Å². The van der Waals surface area contributed by atoms with Gasteiger partial charge in [0.1, 0.15) is 17.0 Å². The lowest BCUT2D eigenvalue weighted by atomic mass is 9.90. The van der Waals surface area contributed by atoms with Crippen LogP contribution in [0.3, 0.4) is 0 Å². The number of nitrogens with zero attached hydrogens (tertiary/aromatic N) is 3. The van der Waals surface area contributed by atoms with Gasteiger partial charge in [0, 0.05) is 18.0 Å². The van der Waals surface area contributed by atoms with Crippen LogP contribution in [-0.4, -0.2) is 34.1 Å². The summed E-state index contributed by atoms with van der Waals surface area (Å²) in [6.45, 7) is 5.16. The summed E-state index contributed by atoms with van der Waals surface area (Å²) < 4.78 is 0. The first kappa shape index (κ1) is 13.3. The maximum atomic E-state index is 11.4. The molecule has 3 rings (SSSR count). The number of fused-ring (bicyclic) bond motifs is 1. The molecule has 1 fully saturated rings. The Labute approximate surface area is 121 Å². The van der Waals surface area contributed by atoms with Gasteiger partial charge in [-0.1, -0.05) is 6.92 Å². The molecule has 0 amide bonds. The summed E-state index contributed by atoms with van der Waals surface area (Å²) in [5.74, 6) is 0.140. The Balaban J connectivity index is 1.99. The van der Waals surface area contributed by atoms with E-state index >= 15 is 0 Å². The lowest BCUT2D eigenvalue weighted by Gasteiger charge is -2.21. The Morgan fingerprint density at radius 2 is 2.35 bits per heavy atom. The molecule has 1 aliphatic heterocycles. The zero-order valence-corrected chi connectivity index (χ0v) is 12.4. The molecule has 0 radical (unpaired) electrons. The van der Waals surface area contributed by atoms with Crippen LogP contribution in [0.25, 0.3) is 10.2 Å². The number of hydrogen-bond acceptors (Lipinski definition) is 5.